The van der Waals surface area contributed by atoms with E-state index in [4.69, 9.17) is 4.42 Å². The summed E-state index contributed by atoms with van der Waals surface area (Å²) in [5.74, 6) is 0.760. The Morgan fingerprint density at radius 3 is 2.81 bits per heavy atom. The van der Waals surface area contributed by atoms with Gasteiger partial charge in [0.2, 0.25) is 5.91 Å². The zero-order valence-corrected chi connectivity index (χ0v) is 16.8. The zero-order chi connectivity index (χ0) is 18.7. The molecule has 0 unspecified atom stereocenters. The number of carbonyl (C=O) groups excluding carboxylic acids is 1. The van der Waals surface area contributed by atoms with E-state index in [1.165, 1.54) is 0 Å². The normalized spacial score (nSPS) is 19.0. The van der Waals surface area contributed by atoms with Crippen LogP contribution in [-0.4, -0.2) is 43.3 Å². The molecule has 1 aliphatic rings. The standard InChI is InChI=1S/C18H21BrN2O4S/c1-13-4-5-17(16(19)9-13)20-18(22)11-21(10-15-3-2-7-25-15)14-6-8-26(23,24)12-14/h2-5,7,9,14H,6,8,10-12H2,1H3,(H,20,22)/t14-/m0/s1. The quantitative estimate of drug-likeness (QED) is 0.746. The van der Waals surface area contributed by atoms with Gasteiger partial charge in [0, 0.05) is 10.5 Å². The SMILES string of the molecule is Cc1ccc(NC(=O)CN(Cc2ccco2)[C@H]2CCS(=O)(=O)C2)c(Br)c1. The topological polar surface area (TPSA) is 79.6 Å². The maximum atomic E-state index is 12.6. The van der Waals surface area contributed by atoms with Gasteiger partial charge in [-0.3, -0.25) is 9.69 Å². The summed E-state index contributed by atoms with van der Waals surface area (Å²) in [7, 11) is -3.04. The van der Waals surface area contributed by atoms with Gasteiger partial charge in [-0.2, -0.15) is 0 Å². The Balaban J connectivity index is 1.71. The third kappa shape index (κ3) is 4.96. The lowest BCUT2D eigenvalue weighted by molar-refractivity contribution is -0.118. The molecule has 26 heavy (non-hydrogen) atoms. The van der Waals surface area contributed by atoms with Crippen LogP contribution in [0.2, 0.25) is 0 Å². The van der Waals surface area contributed by atoms with Gasteiger partial charge < -0.3 is 9.73 Å². The zero-order valence-electron chi connectivity index (χ0n) is 14.4. The molecule has 0 spiro atoms. The Kier molecular flexibility index (Phi) is 5.84. The smallest absolute Gasteiger partial charge is 0.238 e. The number of hydrogen-bond donors (Lipinski definition) is 1. The molecule has 2 heterocycles. The van der Waals surface area contributed by atoms with Gasteiger partial charge >= 0.3 is 0 Å². The maximum absolute atomic E-state index is 12.6. The first-order chi connectivity index (χ1) is 12.3. The number of rotatable bonds is 6. The fourth-order valence-corrected chi connectivity index (χ4v) is 5.43. The highest BCUT2D eigenvalue weighted by Gasteiger charge is 2.33. The molecule has 0 saturated carbocycles. The molecule has 3 rings (SSSR count). The summed E-state index contributed by atoms with van der Waals surface area (Å²) in [6.07, 6.45) is 2.10. The Morgan fingerprint density at radius 1 is 1.38 bits per heavy atom. The third-order valence-corrected chi connectivity index (χ3v) is 6.82. The first kappa shape index (κ1) is 19.1. The number of anilines is 1. The van der Waals surface area contributed by atoms with Crippen molar-refractivity contribution in [1.82, 2.24) is 4.90 Å². The number of hydrogen-bond acceptors (Lipinski definition) is 5. The second kappa shape index (κ2) is 7.94. The van der Waals surface area contributed by atoms with E-state index in [1.54, 1.807) is 12.3 Å². The van der Waals surface area contributed by atoms with E-state index < -0.39 is 9.84 Å². The highest BCUT2D eigenvalue weighted by atomic mass is 79.9. The van der Waals surface area contributed by atoms with Crippen LogP contribution in [-0.2, 0) is 21.2 Å². The van der Waals surface area contributed by atoms with E-state index in [9.17, 15) is 13.2 Å². The molecule has 0 radical (unpaired) electrons. The van der Waals surface area contributed by atoms with Gasteiger partial charge in [0.15, 0.2) is 9.84 Å². The fourth-order valence-electron chi connectivity index (χ4n) is 3.08. The van der Waals surface area contributed by atoms with Crippen LogP contribution < -0.4 is 5.32 Å². The molecule has 0 aliphatic carbocycles. The maximum Gasteiger partial charge on any atom is 0.238 e. The number of amides is 1. The highest BCUT2D eigenvalue weighted by molar-refractivity contribution is 9.10. The minimum atomic E-state index is -3.04. The molecule has 2 aromatic rings. The van der Waals surface area contributed by atoms with Crippen LogP contribution in [0.5, 0.6) is 0 Å². The molecule has 1 amide bonds. The number of halogens is 1. The molecule has 1 saturated heterocycles. The largest absolute Gasteiger partial charge is 0.468 e. The molecule has 8 heteroatoms. The van der Waals surface area contributed by atoms with E-state index in [2.05, 4.69) is 21.2 Å². The molecular weight excluding hydrogens is 420 g/mol. The summed E-state index contributed by atoms with van der Waals surface area (Å²) in [5.41, 5.74) is 1.78. The van der Waals surface area contributed by atoms with Crippen molar-refractivity contribution in [3.8, 4) is 0 Å². The van der Waals surface area contributed by atoms with Crippen molar-refractivity contribution in [2.45, 2.75) is 25.9 Å². The van der Waals surface area contributed by atoms with Crippen molar-refractivity contribution in [3.05, 3.63) is 52.4 Å². The van der Waals surface area contributed by atoms with E-state index >= 15 is 0 Å². The second-order valence-electron chi connectivity index (χ2n) is 6.57. The molecular formula is C18H21BrN2O4S. The van der Waals surface area contributed by atoms with Crippen LogP contribution in [0.25, 0.3) is 0 Å². The number of nitrogens with one attached hydrogen (secondary N) is 1. The van der Waals surface area contributed by atoms with E-state index in [-0.39, 0.29) is 30.0 Å². The van der Waals surface area contributed by atoms with Gasteiger partial charge in [-0.25, -0.2) is 8.42 Å². The van der Waals surface area contributed by atoms with Gasteiger partial charge in [-0.15, -0.1) is 0 Å². The summed E-state index contributed by atoms with van der Waals surface area (Å²) in [4.78, 5) is 14.4. The summed E-state index contributed by atoms with van der Waals surface area (Å²) >= 11 is 3.45. The average Bonchev–Trinajstić information content (AvgIpc) is 3.19. The Hall–Kier alpha value is -1.64. The number of aryl methyl sites for hydroxylation is 1. The molecule has 1 N–H and O–H groups in total. The number of sulfone groups is 1. The lowest BCUT2D eigenvalue weighted by Crippen LogP contribution is -2.41. The van der Waals surface area contributed by atoms with Crippen LogP contribution in [0, 0.1) is 6.92 Å². The monoisotopic (exact) mass is 440 g/mol. The van der Waals surface area contributed by atoms with Gasteiger partial charge in [-0.1, -0.05) is 6.07 Å². The van der Waals surface area contributed by atoms with Crippen molar-refractivity contribution in [2.75, 3.05) is 23.4 Å². The number of furan rings is 1. The molecule has 1 fully saturated rings. The summed E-state index contributed by atoms with van der Waals surface area (Å²) in [6, 6.07) is 9.11. The first-order valence-corrected chi connectivity index (χ1v) is 11.0. The van der Waals surface area contributed by atoms with Crippen molar-refractivity contribution >= 4 is 37.4 Å². The lowest BCUT2D eigenvalue weighted by Gasteiger charge is -2.26. The van der Waals surface area contributed by atoms with E-state index in [0.29, 0.717) is 24.4 Å². The van der Waals surface area contributed by atoms with Crippen LogP contribution in [0.1, 0.15) is 17.7 Å². The number of carbonyl (C=O) groups is 1. The van der Waals surface area contributed by atoms with E-state index in [0.717, 1.165) is 10.0 Å². The van der Waals surface area contributed by atoms with Gasteiger partial charge in [-0.05, 0) is 59.1 Å². The predicted molar refractivity (Wildman–Crippen MR) is 104 cm³/mol. The summed E-state index contributed by atoms with van der Waals surface area (Å²) < 4.78 is 29.9. The van der Waals surface area contributed by atoms with Gasteiger partial charge in [0.1, 0.15) is 5.76 Å². The minimum absolute atomic E-state index is 0.0786. The molecule has 140 valence electrons. The molecule has 6 nitrogen and oxygen atoms in total. The van der Waals surface area contributed by atoms with Crippen molar-refractivity contribution < 1.29 is 17.6 Å². The van der Waals surface area contributed by atoms with Crippen LogP contribution in [0.3, 0.4) is 0 Å². The van der Waals surface area contributed by atoms with Crippen LogP contribution in [0.15, 0.2) is 45.5 Å². The van der Waals surface area contributed by atoms with E-state index in [1.807, 2.05) is 36.1 Å². The van der Waals surface area contributed by atoms with Gasteiger partial charge in [0.05, 0.1) is 36.5 Å². The van der Waals surface area contributed by atoms with Crippen LogP contribution >= 0.6 is 15.9 Å². The summed E-state index contributed by atoms with van der Waals surface area (Å²) in [6.45, 7) is 2.47. The number of nitrogens with zero attached hydrogens (tertiary/aromatic N) is 1. The Labute approximate surface area is 161 Å². The molecule has 1 aliphatic heterocycles. The third-order valence-electron chi connectivity index (χ3n) is 4.41. The second-order valence-corrected chi connectivity index (χ2v) is 9.66. The minimum Gasteiger partial charge on any atom is -0.468 e. The van der Waals surface area contributed by atoms with Crippen molar-refractivity contribution in [1.29, 1.82) is 0 Å². The Bertz CT molecular complexity index is 881. The molecule has 0 bridgehead atoms. The predicted octanol–water partition coefficient (Wildman–Crippen LogP) is 2.98. The molecule has 1 atom stereocenters. The highest BCUT2D eigenvalue weighted by Crippen LogP contribution is 2.24. The van der Waals surface area contributed by atoms with Crippen LogP contribution in [0.4, 0.5) is 5.69 Å². The summed E-state index contributed by atoms with van der Waals surface area (Å²) in [5, 5.41) is 2.88. The van der Waals surface area contributed by atoms with Crippen molar-refractivity contribution in [3.63, 3.8) is 0 Å². The number of benzene rings is 1. The first-order valence-electron chi connectivity index (χ1n) is 8.35. The molecule has 1 aromatic carbocycles. The van der Waals surface area contributed by atoms with Crippen molar-refractivity contribution in [2.24, 2.45) is 0 Å². The Morgan fingerprint density at radius 2 is 2.19 bits per heavy atom. The fraction of sp³-hybridized carbons (Fsp3) is 0.389. The average molecular weight is 441 g/mol. The van der Waals surface area contributed by atoms with Gasteiger partial charge in [0.25, 0.3) is 0 Å². The molecule has 1 aromatic heterocycles. The lowest BCUT2D eigenvalue weighted by atomic mass is 10.2.